The van der Waals surface area contributed by atoms with Crippen LogP contribution in [0.5, 0.6) is 0 Å². The minimum absolute atomic E-state index is 0.241. The van der Waals surface area contributed by atoms with Crippen LogP contribution < -0.4 is 0 Å². The van der Waals surface area contributed by atoms with Crippen LogP contribution in [0.2, 0.25) is 0 Å². The number of aryl methyl sites for hydroxylation is 1. The molecule has 1 aliphatic carbocycles. The lowest BCUT2D eigenvalue weighted by Gasteiger charge is -2.25. The lowest BCUT2D eigenvalue weighted by molar-refractivity contribution is 0.0864. The van der Waals surface area contributed by atoms with Gasteiger partial charge in [-0.3, -0.25) is 4.79 Å². The predicted molar refractivity (Wildman–Crippen MR) is 57.4 cm³/mol. The molecule has 1 heteroatoms. The highest BCUT2D eigenvalue weighted by atomic mass is 16.1. The Morgan fingerprint density at radius 3 is 2.71 bits per heavy atom. The Balaban J connectivity index is 2.37. The molecule has 0 unspecified atom stereocenters. The Labute approximate surface area is 85.1 Å². The van der Waals surface area contributed by atoms with Crippen molar-refractivity contribution < 1.29 is 4.79 Å². The van der Waals surface area contributed by atoms with Crippen molar-refractivity contribution in [2.75, 3.05) is 0 Å². The van der Waals surface area contributed by atoms with Gasteiger partial charge >= 0.3 is 0 Å². The van der Waals surface area contributed by atoms with Gasteiger partial charge in [0.25, 0.3) is 0 Å². The molecule has 0 aliphatic heterocycles. The highest BCUT2D eigenvalue weighted by molar-refractivity contribution is 6.00. The van der Waals surface area contributed by atoms with E-state index in [2.05, 4.69) is 19.9 Å². The Hall–Kier alpha value is -1.11. The van der Waals surface area contributed by atoms with Gasteiger partial charge in [0.05, 0.1) is 0 Å². The third-order valence-electron chi connectivity index (χ3n) is 3.15. The zero-order chi connectivity index (χ0) is 10.1. The maximum atomic E-state index is 12.1. The van der Waals surface area contributed by atoms with Gasteiger partial charge in [-0.2, -0.15) is 0 Å². The molecule has 1 aromatic rings. The van der Waals surface area contributed by atoms with Crippen LogP contribution >= 0.6 is 0 Å². The van der Waals surface area contributed by atoms with Crippen LogP contribution in [0.25, 0.3) is 0 Å². The van der Waals surface area contributed by atoms with E-state index in [0.29, 0.717) is 11.7 Å². The number of carbonyl (C=O) groups is 1. The third-order valence-corrected chi connectivity index (χ3v) is 3.15. The highest BCUT2D eigenvalue weighted by Crippen LogP contribution is 2.29. The molecule has 0 amide bonds. The van der Waals surface area contributed by atoms with Gasteiger partial charge in [0.15, 0.2) is 5.78 Å². The molecule has 0 radical (unpaired) electrons. The third kappa shape index (κ3) is 1.47. The Morgan fingerprint density at radius 1 is 1.29 bits per heavy atom. The van der Waals surface area contributed by atoms with Crippen LogP contribution in [0.15, 0.2) is 24.3 Å². The summed E-state index contributed by atoms with van der Waals surface area (Å²) in [5.74, 6) is 1.06. The highest BCUT2D eigenvalue weighted by Gasteiger charge is 2.28. The zero-order valence-electron chi connectivity index (χ0n) is 8.79. The van der Waals surface area contributed by atoms with Crippen molar-refractivity contribution in [3.63, 3.8) is 0 Å². The molecule has 0 N–H and O–H groups in total. The van der Waals surface area contributed by atoms with Crippen molar-refractivity contribution in [1.29, 1.82) is 0 Å². The quantitative estimate of drug-likeness (QED) is 0.662. The van der Waals surface area contributed by atoms with Crippen molar-refractivity contribution in [2.45, 2.75) is 26.7 Å². The van der Waals surface area contributed by atoms with Crippen LogP contribution in [0.1, 0.15) is 36.2 Å². The lowest BCUT2D eigenvalue weighted by atomic mass is 9.77. The topological polar surface area (TPSA) is 17.1 Å². The van der Waals surface area contributed by atoms with Gasteiger partial charge < -0.3 is 0 Å². The Kier molecular flexibility index (Phi) is 2.40. The monoisotopic (exact) mass is 188 g/mol. The second kappa shape index (κ2) is 3.56. The summed E-state index contributed by atoms with van der Waals surface area (Å²) in [7, 11) is 0. The number of ketones is 1. The molecule has 0 heterocycles. The first-order valence-corrected chi connectivity index (χ1v) is 5.32. The van der Waals surface area contributed by atoms with Crippen LogP contribution in [0.3, 0.4) is 0 Å². The maximum Gasteiger partial charge on any atom is 0.166 e. The first-order chi connectivity index (χ1) is 6.70. The van der Waals surface area contributed by atoms with E-state index in [0.717, 1.165) is 18.4 Å². The van der Waals surface area contributed by atoms with Crippen molar-refractivity contribution >= 4 is 5.78 Å². The molecule has 1 nitrogen and oxygen atoms in total. The van der Waals surface area contributed by atoms with Crippen molar-refractivity contribution in [3.05, 3.63) is 35.4 Å². The number of carbonyl (C=O) groups excluding carboxylic acids is 1. The zero-order valence-corrected chi connectivity index (χ0v) is 8.79. The largest absolute Gasteiger partial charge is 0.294 e. The molecular formula is C13H16O. The summed E-state index contributed by atoms with van der Waals surface area (Å²) in [6.07, 6.45) is 2.08. The molecule has 0 bridgehead atoms. The number of hydrogen-bond donors (Lipinski definition) is 0. The maximum absolute atomic E-state index is 12.1. The molecule has 0 saturated heterocycles. The van der Waals surface area contributed by atoms with E-state index >= 15 is 0 Å². The average Bonchev–Trinajstić information content (AvgIpc) is 2.18. The summed E-state index contributed by atoms with van der Waals surface area (Å²) < 4.78 is 0. The van der Waals surface area contributed by atoms with Gasteiger partial charge in [0.2, 0.25) is 0 Å². The number of fused-ring (bicyclic) bond motifs is 1. The Bertz CT molecular complexity index is 352. The van der Waals surface area contributed by atoms with Crippen LogP contribution in [-0.4, -0.2) is 5.78 Å². The summed E-state index contributed by atoms with van der Waals surface area (Å²) in [5.41, 5.74) is 2.19. The number of hydrogen-bond acceptors (Lipinski definition) is 1. The van der Waals surface area contributed by atoms with E-state index < -0.39 is 0 Å². The van der Waals surface area contributed by atoms with E-state index in [9.17, 15) is 4.79 Å². The average molecular weight is 188 g/mol. The summed E-state index contributed by atoms with van der Waals surface area (Å²) >= 11 is 0. The molecule has 1 atom stereocenters. The number of Topliss-reactive ketones (excluding diaryl/α,β-unsaturated/α-hetero) is 1. The number of benzene rings is 1. The van der Waals surface area contributed by atoms with E-state index in [1.807, 2.05) is 18.2 Å². The molecule has 14 heavy (non-hydrogen) atoms. The summed E-state index contributed by atoms with van der Waals surface area (Å²) in [5, 5.41) is 0. The molecule has 2 rings (SSSR count). The summed E-state index contributed by atoms with van der Waals surface area (Å²) in [4.78, 5) is 12.1. The van der Waals surface area contributed by atoms with Gasteiger partial charge in [0, 0.05) is 11.5 Å². The summed E-state index contributed by atoms with van der Waals surface area (Å²) in [6, 6.07) is 8.01. The second-order valence-corrected chi connectivity index (χ2v) is 4.41. The molecule has 1 aliphatic rings. The van der Waals surface area contributed by atoms with Crippen molar-refractivity contribution in [1.82, 2.24) is 0 Å². The fourth-order valence-electron chi connectivity index (χ4n) is 2.26. The number of rotatable bonds is 1. The molecule has 0 saturated carbocycles. The molecule has 0 fully saturated rings. The molecule has 74 valence electrons. The molecule has 0 spiro atoms. The van der Waals surface area contributed by atoms with Crippen molar-refractivity contribution in [3.8, 4) is 0 Å². The van der Waals surface area contributed by atoms with Crippen LogP contribution in [-0.2, 0) is 6.42 Å². The minimum atomic E-state index is 0.241. The van der Waals surface area contributed by atoms with Gasteiger partial charge in [-0.25, -0.2) is 0 Å². The van der Waals surface area contributed by atoms with Gasteiger partial charge in [0.1, 0.15) is 0 Å². The standard InChI is InChI=1S/C13H16O/c1-9(2)11-8-7-10-5-3-4-6-12(10)13(11)14/h3-6,9,11H,7-8H2,1-2H3/t11-/m0/s1. The van der Waals surface area contributed by atoms with Gasteiger partial charge in [-0.05, 0) is 24.3 Å². The summed E-state index contributed by atoms with van der Waals surface area (Å²) in [6.45, 7) is 4.27. The van der Waals surface area contributed by atoms with E-state index in [4.69, 9.17) is 0 Å². The van der Waals surface area contributed by atoms with Crippen molar-refractivity contribution in [2.24, 2.45) is 11.8 Å². The predicted octanol–water partition coefficient (Wildman–Crippen LogP) is 3.09. The fourth-order valence-corrected chi connectivity index (χ4v) is 2.26. The van der Waals surface area contributed by atoms with Gasteiger partial charge in [-0.15, -0.1) is 0 Å². The van der Waals surface area contributed by atoms with E-state index in [1.165, 1.54) is 5.56 Å². The van der Waals surface area contributed by atoms with Crippen LogP contribution in [0, 0.1) is 11.8 Å². The Morgan fingerprint density at radius 2 is 2.00 bits per heavy atom. The lowest BCUT2D eigenvalue weighted by Crippen LogP contribution is -2.26. The van der Waals surface area contributed by atoms with E-state index in [1.54, 1.807) is 0 Å². The SMILES string of the molecule is CC(C)[C@@H]1CCc2ccccc2C1=O. The molecular weight excluding hydrogens is 172 g/mol. The fraction of sp³-hybridized carbons (Fsp3) is 0.462. The minimum Gasteiger partial charge on any atom is -0.294 e. The smallest absolute Gasteiger partial charge is 0.166 e. The van der Waals surface area contributed by atoms with Crippen LogP contribution in [0.4, 0.5) is 0 Å². The second-order valence-electron chi connectivity index (χ2n) is 4.41. The first-order valence-electron chi connectivity index (χ1n) is 5.32. The normalized spacial score (nSPS) is 21.1. The molecule has 0 aromatic heterocycles. The molecule has 1 aromatic carbocycles. The first kappa shape index (κ1) is 9.45. The van der Waals surface area contributed by atoms with Gasteiger partial charge in [-0.1, -0.05) is 38.1 Å². The van der Waals surface area contributed by atoms with E-state index in [-0.39, 0.29) is 5.92 Å².